The maximum atomic E-state index is 12.6. The molecule has 1 saturated carbocycles. The van der Waals surface area contributed by atoms with Gasteiger partial charge in [0.05, 0.1) is 0 Å². The van der Waals surface area contributed by atoms with Crippen LogP contribution in [0.2, 0.25) is 0 Å². The molecule has 0 atom stereocenters. The number of hydrogen-bond donors (Lipinski definition) is 1. The van der Waals surface area contributed by atoms with E-state index in [9.17, 15) is 8.42 Å². The van der Waals surface area contributed by atoms with Crippen molar-refractivity contribution in [2.24, 2.45) is 0 Å². The van der Waals surface area contributed by atoms with E-state index in [4.69, 9.17) is 0 Å². The fourth-order valence-electron chi connectivity index (χ4n) is 2.41. The number of rotatable bonds is 9. The van der Waals surface area contributed by atoms with Crippen LogP contribution < -0.4 is 5.32 Å². The van der Waals surface area contributed by atoms with E-state index in [1.807, 2.05) is 13.1 Å². The smallest absolute Gasteiger partial charge is 0.244 e. The Hall–Kier alpha value is -1.11. The Labute approximate surface area is 127 Å². The molecular weight excluding hydrogens is 286 g/mol. The molecule has 6 heteroatoms. The first kappa shape index (κ1) is 16.3. The zero-order chi connectivity index (χ0) is 15.5. The molecule has 0 spiro atoms. The molecule has 1 aliphatic carbocycles. The zero-order valence-corrected chi connectivity index (χ0v) is 13.7. The van der Waals surface area contributed by atoms with Crippen molar-refractivity contribution in [1.29, 1.82) is 0 Å². The first-order valence-corrected chi connectivity index (χ1v) is 8.87. The SMILES string of the molecule is C=CCCCN(C)S(=O)(=O)c1cc(CNC)n(C2CC2)c1. The van der Waals surface area contributed by atoms with Gasteiger partial charge in [0.1, 0.15) is 4.90 Å². The minimum atomic E-state index is -3.39. The molecule has 1 aromatic rings. The third-order valence-electron chi connectivity index (χ3n) is 3.79. The van der Waals surface area contributed by atoms with Gasteiger partial charge in [-0.05, 0) is 38.8 Å². The van der Waals surface area contributed by atoms with Crippen LogP contribution in [0, 0.1) is 0 Å². The molecule has 2 rings (SSSR count). The molecule has 0 unspecified atom stereocenters. The molecule has 0 radical (unpaired) electrons. The average Bonchev–Trinajstić information content (AvgIpc) is 3.20. The fraction of sp³-hybridized carbons (Fsp3) is 0.600. The highest BCUT2D eigenvalue weighted by Gasteiger charge is 2.29. The van der Waals surface area contributed by atoms with Gasteiger partial charge < -0.3 is 9.88 Å². The van der Waals surface area contributed by atoms with Crippen LogP contribution in [0.1, 0.15) is 37.4 Å². The summed E-state index contributed by atoms with van der Waals surface area (Å²) in [4.78, 5) is 0.403. The Morgan fingerprint density at radius 3 is 2.81 bits per heavy atom. The molecule has 0 aliphatic heterocycles. The topological polar surface area (TPSA) is 54.3 Å². The molecular formula is C15H25N3O2S. The fourth-order valence-corrected chi connectivity index (χ4v) is 3.67. The van der Waals surface area contributed by atoms with Crippen LogP contribution in [-0.2, 0) is 16.6 Å². The van der Waals surface area contributed by atoms with Crippen molar-refractivity contribution in [1.82, 2.24) is 14.2 Å². The number of nitrogens with zero attached hydrogens (tertiary/aromatic N) is 2. The first-order chi connectivity index (χ1) is 10.0. The van der Waals surface area contributed by atoms with Gasteiger partial charge in [-0.1, -0.05) is 6.08 Å². The number of nitrogens with one attached hydrogen (secondary N) is 1. The number of aromatic nitrogens is 1. The van der Waals surface area contributed by atoms with Gasteiger partial charge in [-0.3, -0.25) is 0 Å². The first-order valence-electron chi connectivity index (χ1n) is 7.43. The Morgan fingerprint density at radius 1 is 1.52 bits per heavy atom. The molecule has 1 aliphatic rings. The van der Waals surface area contributed by atoms with Gasteiger partial charge in [0.25, 0.3) is 0 Å². The average molecular weight is 311 g/mol. The predicted octanol–water partition coefficient (Wildman–Crippen LogP) is 2.13. The van der Waals surface area contributed by atoms with E-state index in [1.165, 1.54) is 4.31 Å². The number of unbranched alkanes of at least 4 members (excludes halogenated alkanes) is 1. The summed E-state index contributed by atoms with van der Waals surface area (Å²) in [5, 5.41) is 3.10. The number of sulfonamides is 1. The van der Waals surface area contributed by atoms with Gasteiger partial charge in [0, 0.05) is 38.1 Å². The third kappa shape index (κ3) is 3.75. The largest absolute Gasteiger partial charge is 0.346 e. The van der Waals surface area contributed by atoms with Crippen LogP contribution in [0.15, 0.2) is 29.8 Å². The maximum Gasteiger partial charge on any atom is 0.244 e. The molecule has 0 amide bonds. The van der Waals surface area contributed by atoms with E-state index in [1.54, 1.807) is 19.3 Å². The minimum absolute atomic E-state index is 0.403. The van der Waals surface area contributed by atoms with Crippen molar-refractivity contribution in [2.75, 3.05) is 20.6 Å². The molecule has 1 heterocycles. The van der Waals surface area contributed by atoms with Gasteiger partial charge in [-0.2, -0.15) is 0 Å². The summed E-state index contributed by atoms with van der Waals surface area (Å²) < 4.78 is 28.8. The van der Waals surface area contributed by atoms with E-state index in [2.05, 4.69) is 16.5 Å². The van der Waals surface area contributed by atoms with Crippen LogP contribution in [0.25, 0.3) is 0 Å². The lowest BCUT2D eigenvalue weighted by atomic mass is 10.3. The van der Waals surface area contributed by atoms with E-state index < -0.39 is 10.0 Å². The minimum Gasteiger partial charge on any atom is -0.346 e. The van der Waals surface area contributed by atoms with E-state index in [-0.39, 0.29) is 0 Å². The van der Waals surface area contributed by atoms with Gasteiger partial charge >= 0.3 is 0 Å². The van der Waals surface area contributed by atoms with Gasteiger partial charge in [-0.25, -0.2) is 12.7 Å². The quantitative estimate of drug-likeness (QED) is 0.561. The van der Waals surface area contributed by atoms with E-state index >= 15 is 0 Å². The van der Waals surface area contributed by atoms with Gasteiger partial charge in [0.15, 0.2) is 0 Å². The van der Waals surface area contributed by atoms with Crippen molar-refractivity contribution >= 4 is 10.0 Å². The predicted molar refractivity (Wildman–Crippen MR) is 84.7 cm³/mol. The standard InChI is InChI=1S/C15H25N3O2S/c1-4-5-6-9-17(3)21(19,20)15-10-14(11-16-2)18(12-15)13-7-8-13/h4,10,12-13,16H,1,5-9,11H2,2-3H3. The van der Waals surface area contributed by atoms with Crippen molar-refractivity contribution in [3.8, 4) is 0 Å². The lowest BCUT2D eigenvalue weighted by Gasteiger charge is -2.15. The van der Waals surface area contributed by atoms with Crippen LogP contribution in [0.3, 0.4) is 0 Å². The van der Waals surface area contributed by atoms with Crippen molar-refractivity contribution in [3.63, 3.8) is 0 Å². The molecule has 0 bridgehead atoms. The van der Waals surface area contributed by atoms with Crippen molar-refractivity contribution in [2.45, 2.75) is 43.2 Å². The second-order valence-corrected chi connectivity index (χ2v) is 7.64. The Balaban J connectivity index is 2.18. The summed E-state index contributed by atoms with van der Waals surface area (Å²) in [6.45, 7) is 4.87. The number of hydrogen-bond acceptors (Lipinski definition) is 3. The van der Waals surface area contributed by atoms with Gasteiger partial charge in [0.2, 0.25) is 10.0 Å². The second-order valence-electron chi connectivity index (χ2n) is 5.59. The molecule has 0 aromatic carbocycles. The monoisotopic (exact) mass is 311 g/mol. The van der Waals surface area contributed by atoms with Gasteiger partial charge in [-0.15, -0.1) is 6.58 Å². The van der Waals surface area contributed by atoms with E-state index in [0.717, 1.165) is 31.4 Å². The summed E-state index contributed by atoms with van der Waals surface area (Å²) >= 11 is 0. The zero-order valence-electron chi connectivity index (χ0n) is 12.9. The Kier molecular flexibility index (Phi) is 5.24. The van der Waals surface area contributed by atoms with Crippen LogP contribution in [-0.4, -0.2) is 37.9 Å². The Morgan fingerprint density at radius 2 is 2.24 bits per heavy atom. The third-order valence-corrected chi connectivity index (χ3v) is 5.62. The van der Waals surface area contributed by atoms with Crippen LogP contribution in [0.5, 0.6) is 0 Å². The normalized spacial score (nSPS) is 15.6. The van der Waals surface area contributed by atoms with E-state index in [0.29, 0.717) is 24.0 Å². The summed E-state index contributed by atoms with van der Waals surface area (Å²) in [6.07, 6.45) is 7.51. The highest BCUT2D eigenvalue weighted by molar-refractivity contribution is 7.89. The molecule has 21 heavy (non-hydrogen) atoms. The highest BCUT2D eigenvalue weighted by atomic mass is 32.2. The van der Waals surface area contributed by atoms with Crippen molar-refractivity contribution in [3.05, 3.63) is 30.6 Å². The Bertz CT molecular complexity index is 588. The molecule has 1 N–H and O–H groups in total. The molecule has 118 valence electrons. The molecule has 5 nitrogen and oxygen atoms in total. The summed E-state index contributed by atoms with van der Waals surface area (Å²) in [5.41, 5.74) is 1.04. The maximum absolute atomic E-state index is 12.6. The lowest BCUT2D eigenvalue weighted by Crippen LogP contribution is -2.27. The second kappa shape index (κ2) is 6.77. The summed E-state index contributed by atoms with van der Waals surface area (Å²) in [7, 11) is 0.124. The highest BCUT2D eigenvalue weighted by Crippen LogP contribution is 2.37. The van der Waals surface area contributed by atoms with Crippen molar-refractivity contribution < 1.29 is 8.42 Å². The number of allylic oxidation sites excluding steroid dienone is 1. The van der Waals surface area contributed by atoms with Crippen LogP contribution in [0.4, 0.5) is 0 Å². The molecule has 0 saturated heterocycles. The lowest BCUT2D eigenvalue weighted by molar-refractivity contribution is 0.462. The van der Waals surface area contributed by atoms with Crippen LogP contribution >= 0.6 is 0 Å². The molecule has 1 fully saturated rings. The molecule has 1 aromatic heterocycles. The summed E-state index contributed by atoms with van der Waals surface area (Å²) in [6, 6.07) is 2.28. The summed E-state index contributed by atoms with van der Waals surface area (Å²) in [5.74, 6) is 0.